The van der Waals surface area contributed by atoms with Crippen LogP contribution in [0.1, 0.15) is 29.0 Å². The lowest BCUT2D eigenvalue weighted by Crippen LogP contribution is -2.19. The summed E-state index contributed by atoms with van der Waals surface area (Å²) in [4.78, 5) is 34.7. The number of anilines is 1. The predicted molar refractivity (Wildman–Crippen MR) is 121 cm³/mol. The Labute approximate surface area is 205 Å². The number of esters is 2. The Bertz CT molecular complexity index is 1110. The standard InChI is InChI=1S/C20H22Cl2N2O9S/c21-12-33-20(27)17(25)4-8-30-5-2-7-32-19(26)14-9-18(34(23,28)29)15(22)10-16(14)24-11-13-3-1-6-31-13/h1,3,6,9-10,24H,2,4-5,7-8,11-12H2,(H2,23,28,29). The van der Waals surface area contributed by atoms with Gasteiger partial charge in [0.2, 0.25) is 15.8 Å². The molecule has 0 aliphatic carbocycles. The van der Waals surface area contributed by atoms with Crippen molar-refractivity contribution in [3.63, 3.8) is 0 Å². The molecule has 0 aliphatic heterocycles. The zero-order valence-electron chi connectivity index (χ0n) is 17.8. The molecule has 1 aromatic heterocycles. The molecule has 0 unspecified atom stereocenters. The van der Waals surface area contributed by atoms with E-state index in [4.69, 9.17) is 42.2 Å². The SMILES string of the molecule is NS(=O)(=O)c1cc(C(=O)OCCCOCCC(=O)C(=O)OCCl)c(NCc2ccco2)cc1Cl. The van der Waals surface area contributed by atoms with E-state index in [9.17, 15) is 22.8 Å². The molecule has 0 aliphatic rings. The number of hydrogen-bond donors (Lipinski definition) is 2. The number of halogens is 2. The van der Waals surface area contributed by atoms with E-state index in [0.29, 0.717) is 5.76 Å². The second-order valence-corrected chi connectivity index (χ2v) is 8.78. The number of alkyl halides is 1. The third kappa shape index (κ3) is 8.61. The van der Waals surface area contributed by atoms with E-state index in [2.05, 4.69) is 10.1 Å². The maximum Gasteiger partial charge on any atom is 0.375 e. The smallest absolute Gasteiger partial charge is 0.375 e. The van der Waals surface area contributed by atoms with Crippen molar-refractivity contribution in [2.75, 3.05) is 31.2 Å². The molecule has 0 fully saturated rings. The van der Waals surface area contributed by atoms with Crippen LogP contribution in [0.3, 0.4) is 0 Å². The van der Waals surface area contributed by atoms with Crippen LogP contribution in [0.25, 0.3) is 0 Å². The molecule has 0 amide bonds. The molecule has 2 aromatic rings. The highest BCUT2D eigenvalue weighted by Gasteiger charge is 2.22. The lowest BCUT2D eigenvalue weighted by atomic mass is 10.1. The van der Waals surface area contributed by atoms with Crippen LogP contribution in [0.5, 0.6) is 0 Å². The molecule has 14 heteroatoms. The van der Waals surface area contributed by atoms with Crippen LogP contribution >= 0.6 is 23.2 Å². The lowest BCUT2D eigenvalue weighted by molar-refractivity contribution is -0.152. The van der Waals surface area contributed by atoms with Gasteiger partial charge in [-0.3, -0.25) is 4.79 Å². The fraction of sp³-hybridized carbons (Fsp3) is 0.350. The molecule has 11 nitrogen and oxygen atoms in total. The number of ketones is 1. The van der Waals surface area contributed by atoms with Crippen LogP contribution < -0.4 is 10.5 Å². The van der Waals surface area contributed by atoms with Gasteiger partial charge in [-0.2, -0.15) is 0 Å². The Hall–Kier alpha value is -2.64. The van der Waals surface area contributed by atoms with E-state index in [-0.39, 0.29) is 55.5 Å². The number of hydrogen-bond acceptors (Lipinski definition) is 10. The Kier molecular flexibility index (Phi) is 10.8. The summed E-state index contributed by atoms with van der Waals surface area (Å²) < 4.78 is 43.6. The maximum atomic E-state index is 12.6. The van der Waals surface area contributed by atoms with Crippen LogP contribution in [0, 0.1) is 0 Å². The Morgan fingerprint density at radius 3 is 2.53 bits per heavy atom. The monoisotopic (exact) mass is 536 g/mol. The number of benzene rings is 1. The van der Waals surface area contributed by atoms with Gasteiger partial charge in [0.05, 0.1) is 42.3 Å². The van der Waals surface area contributed by atoms with E-state index >= 15 is 0 Å². The van der Waals surface area contributed by atoms with Crippen LogP contribution in [0.15, 0.2) is 39.8 Å². The average molecular weight is 537 g/mol. The first-order valence-corrected chi connectivity index (χ1v) is 12.2. The van der Waals surface area contributed by atoms with Gasteiger partial charge in [0, 0.05) is 19.4 Å². The second-order valence-electron chi connectivity index (χ2n) is 6.62. The number of carbonyl (C=O) groups excluding carboxylic acids is 3. The number of carbonyl (C=O) groups is 3. The molecule has 0 radical (unpaired) electrons. The number of furan rings is 1. The summed E-state index contributed by atoms with van der Waals surface area (Å²) in [6.45, 7) is 0.243. The van der Waals surface area contributed by atoms with Gasteiger partial charge >= 0.3 is 11.9 Å². The first-order chi connectivity index (χ1) is 16.1. The number of nitrogens with two attached hydrogens (primary N) is 1. The van der Waals surface area contributed by atoms with Crippen molar-refractivity contribution < 1.29 is 41.4 Å². The summed E-state index contributed by atoms with van der Waals surface area (Å²) in [6, 6.07) is 5.28. The third-order valence-electron chi connectivity index (χ3n) is 4.18. The van der Waals surface area contributed by atoms with Crippen LogP contribution in [0.4, 0.5) is 5.69 Å². The molecule has 0 saturated heterocycles. The van der Waals surface area contributed by atoms with Crippen LogP contribution in [-0.4, -0.2) is 52.0 Å². The fourth-order valence-electron chi connectivity index (χ4n) is 2.58. The molecular weight excluding hydrogens is 515 g/mol. The number of primary sulfonamides is 1. The van der Waals surface area contributed by atoms with E-state index in [0.717, 1.165) is 6.07 Å². The second kappa shape index (κ2) is 13.3. The van der Waals surface area contributed by atoms with Gasteiger partial charge in [0.1, 0.15) is 10.7 Å². The molecule has 34 heavy (non-hydrogen) atoms. The number of nitrogens with one attached hydrogen (secondary N) is 1. The van der Waals surface area contributed by atoms with Gasteiger partial charge in [-0.25, -0.2) is 23.1 Å². The first kappa shape index (κ1) is 27.6. The molecule has 0 atom stereocenters. The quantitative estimate of drug-likeness (QED) is 0.158. The minimum Gasteiger partial charge on any atom is -0.467 e. The minimum atomic E-state index is -4.19. The minimum absolute atomic E-state index is 0.0279. The summed E-state index contributed by atoms with van der Waals surface area (Å²) in [5.74, 6) is -2.05. The van der Waals surface area contributed by atoms with Crippen molar-refractivity contribution in [3.8, 4) is 0 Å². The van der Waals surface area contributed by atoms with Gasteiger partial charge in [-0.05, 0) is 24.3 Å². The van der Waals surface area contributed by atoms with Crippen LogP contribution in [0.2, 0.25) is 5.02 Å². The van der Waals surface area contributed by atoms with Crippen molar-refractivity contribution in [2.45, 2.75) is 24.3 Å². The Morgan fingerprint density at radius 2 is 1.88 bits per heavy atom. The number of Topliss-reactive ketones (excluding diaryl/α,β-unsaturated/α-hetero) is 1. The molecule has 3 N–H and O–H groups in total. The molecule has 0 spiro atoms. The number of ether oxygens (including phenoxy) is 3. The lowest BCUT2D eigenvalue weighted by Gasteiger charge is -2.14. The van der Waals surface area contributed by atoms with E-state index in [1.165, 1.54) is 12.3 Å². The number of sulfonamides is 1. The molecular formula is C20H22Cl2N2O9S. The highest BCUT2D eigenvalue weighted by atomic mass is 35.5. The largest absolute Gasteiger partial charge is 0.467 e. The summed E-state index contributed by atoms with van der Waals surface area (Å²) in [5.41, 5.74) is 0.127. The summed E-state index contributed by atoms with van der Waals surface area (Å²) in [6.07, 6.45) is 1.57. The maximum absolute atomic E-state index is 12.6. The molecule has 0 bridgehead atoms. The topological polar surface area (TPSA) is 164 Å². The van der Waals surface area contributed by atoms with Crippen LogP contribution in [-0.2, 0) is 40.4 Å². The third-order valence-corrected chi connectivity index (χ3v) is 5.67. The molecule has 0 saturated carbocycles. The molecule has 186 valence electrons. The van der Waals surface area contributed by atoms with Crippen molar-refractivity contribution >= 4 is 56.6 Å². The highest BCUT2D eigenvalue weighted by molar-refractivity contribution is 7.89. The van der Waals surface area contributed by atoms with Gasteiger partial charge in [-0.1, -0.05) is 23.2 Å². The average Bonchev–Trinajstić information content (AvgIpc) is 3.29. The Morgan fingerprint density at radius 1 is 1.12 bits per heavy atom. The normalized spacial score (nSPS) is 11.1. The van der Waals surface area contributed by atoms with Crippen molar-refractivity contribution in [1.29, 1.82) is 0 Å². The zero-order chi connectivity index (χ0) is 25.1. The van der Waals surface area contributed by atoms with E-state index < -0.39 is 38.7 Å². The molecule has 1 heterocycles. The highest BCUT2D eigenvalue weighted by Crippen LogP contribution is 2.29. The summed E-state index contributed by atoms with van der Waals surface area (Å²) in [7, 11) is -4.19. The van der Waals surface area contributed by atoms with Crippen molar-refractivity contribution in [3.05, 3.63) is 46.9 Å². The van der Waals surface area contributed by atoms with Gasteiger partial charge < -0.3 is 23.9 Å². The van der Waals surface area contributed by atoms with E-state index in [1.54, 1.807) is 12.1 Å². The molecule has 2 rings (SSSR count). The van der Waals surface area contributed by atoms with Gasteiger partial charge in [-0.15, -0.1) is 0 Å². The summed E-state index contributed by atoms with van der Waals surface area (Å²) in [5, 5.41) is 7.96. The predicted octanol–water partition coefficient (Wildman–Crippen LogP) is 2.45. The van der Waals surface area contributed by atoms with Gasteiger partial charge in [0.25, 0.3) is 0 Å². The summed E-state index contributed by atoms with van der Waals surface area (Å²) >= 11 is 11.2. The van der Waals surface area contributed by atoms with Crippen molar-refractivity contribution in [1.82, 2.24) is 0 Å². The zero-order valence-corrected chi connectivity index (χ0v) is 20.1. The Balaban J connectivity index is 1.92. The fourth-order valence-corrected chi connectivity index (χ4v) is 3.78. The molecule has 1 aromatic carbocycles. The van der Waals surface area contributed by atoms with Crippen molar-refractivity contribution in [2.24, 2.45) is 5.14 Å². The number of rotatable bonds is 14. The van der Waals surface area contributed by atoms with E-state index in [1.807, 2.05) is 0 Å². The first-order valence-electron chi connectivity index (χ1n) is 9.77. The van der Waals surface area contributed by atoms with Gasteiger partial charge in [0.15, 0.2) is 6.07 Å².